The minimum atomic E-state index is -1.00. The van der Waals surface area contributed by atoms with Gasteiger partial charge in [-0.15, -0.1) is 0 Å². The number of anilines is 2. The largest absolute Gasteiger partial charge is 0.485 e. The summed E-state index contributed by atoms with van der Waals surface area (Å²) in [5.74, 6) is 4.17. The number of para-hydroxylation sites is 2. The quantitative estimate of drug-likeness (QED) is 0.112. The Morgan fingerprint density at radius 2 is 1.72 bits per heavy atom. The molecule has 0 saturated heterocycles. The molecule has 1 atom stereocenters. The lowest BCUT2D eigenvalue weighted by atomic mass is 9.95. The van der Waals surface area contributed by atoms with E-state index in [9.17, 15) is 14.4 Å². The van der Waals surface area contributed by atoms with Gasteiger partial charge in [0.1, 0.15) is 18.3 Å². The standard InChI is InChI=1S/C25H34N6O5/c1-16(2)12-21(25(34)30-35)24(33)29-20-10-8-18(9-11-20)13-31(27)14-19(26)15-36-23-7-5-4-6-22(23)28-17(3)32/h4-11,14,16,21,35H,12-13,15,26-27H2,1-3H3,(H,28,32)(H,29,33)(H,30,34)/b19-14-. The fourth-order valence-electron chi connectivity index (χ4n) is 3.36. The van der Waals surface area contributed by atoms with Gasteiger partial charge in [-0.3, -0.25) is 19.6 Å². The second-order valence-electron chi connectivity index (χ2n) is 8.69. The van der Waals surface area contributed by atoms with Crippen LogP contribution in [0.2, 0.25) is 0 Å². The molecule has 0 aromatic heterocycles. The summed E-state index contributed by atoms with van der Waals surface area (Å²) in [6.07, 6.45) is 1.84. The first kappa shape index (κ1) is 28.1. The Morgan fingerprint density at radius 3 is 2.33 bits per heavy atom. The van der Waals surface area contributed by atoms with E-state index in [0.29, 0.717) is 35.8 Å². The third kappa shape index (κ3) is 9.28. The Labute approximate surface area is 210 Å². The number of hydrogen-bond acceptors (Lipinski definition) is 8. The molecule has 0 radical (unpaired) electrons. The SMILES string of the molecule is CC(=O)Nc1ccccc1OC/C(N)=C/N(N)Cc1ccc(NC(=O)C(CC(C)C)C(=O)NO)cc1. The lowest BCUT2D eigenvalue weighted by molar-refractivity contribution is -0.139. The minimum absolute atomic E-state index is 0.0637. The molecular weight excluding hydrogens is 464 g/mol. The van der Waals surface area contributed by atoms with Crippen molar-refractivity contribution in [2.45, 2.75) is 33.7 Å². The highest BCUT2D eigenvalue weighted by atomic mass is 16.5. The van der Waals surface area contributed by atoms with Gasteiger partial charge in [-0.1, -0.05) is 38.1 Å². The van der Waals surface area contributed by atoms with Crippen LogP contribution < -0.4 is 32.4 Å². The lowest BCUT2D eigenvalue weighted by Gasteiger charge is -2.18. The van der Waals surface area contributed by atoms with Crippen LogP contribution in [0.1, 0.15) is 32.8 Å². The van der Waals surface area contributed by atoms with Crippen LogP contribution in [0.3, 0.4) is 0 Å². The zero-order chi connectivity index (χ0) is 26.7. The molecule has 0 aliphatic carbocycles. The summed E-state index contributed by atoms with van der Waals surface area (Å²) >= 11 is 0. The molecule has 11 heteroatoms. The highest BCUT2D eigenvalue weighted by Crippen LogP contribution is 2.24. The van der Waals surface area contributed by atoms with E-state index in [4.69, 9.17) is 21.5 Å². The van der Waals surface area contributed by atoms with Gasteiger partial charge in [0.2, 0.25) is 11.8 Å². The molecule has 194 valence electrons. The molecule has 1 unspecified atom stereocenters. The summed E-state index contributed by atoms with van der Waals surface area (Å²) in [6, 6.07) is 14.0. The van der Waals surface area contributed by atoms with Gasteiger partial charge in [0.15, 0.2) is 0 Å². The van der Waals surface area contributed by atoms with E-state index < -0.39 is 17.7 Å². The Kier molecular flexibility index (Phi) is 10.7. The Balaban J connectivity index is 1.92. The van der Waals surface area contributed by atoms with Crippen LogP contribution in [0, 0.1) is 11.8 Å². The highest BCUT2D eigenvalue weighted by molar-refractivity contribution is 6.06. The summed E-state index contributed by atoms with van der Waals surface area (Å²) in [4.78, 5) is 35.7. The summed E-state index contributed by atoms with van der Waals surface area (Å²) in [6.45, 7) is 5.58. The predicted molar refractivity (Wildman–Crippen MR) is 136 cm³/mol. The van der Waals surface area contributed by atoms with E-state index in [0.717, 1.165) is 5.56 Å². The number of nitrogens with two attached hydrogens (primary N) is 2. The maximum absolute atomic E-state index is 12.5. The molecule has 36 heavy (non-hydrogen) atoms. The van der Waals surface area contributed by atoms with E-state index in [1.54, 1.807) is 60.2 Å². The van der Waals surface area contributed by atoms with Crippen molar-refractivity contribution in [3.63, 3.8) is 0 Å². The predicted octanol–water partition coefficient (Wildman–Crippen LogP) is 2.31. The van der Waals surface area contributed by atoms with Gasteiger partial charge in [-0.2, -0.15) is 0 Å². The van der Waals surface area contributed by atoms with E-state index in [1.165, 1.54) is 11.9 Å². The number of rotatable bonds is 12. The van der Waals surface area contributed by atoms with E-state index in [1.807, 2.05) is 13.8 Å². The summed E-state index contributed by atoms with van der Waals surface area (Å²) in [7, 11) is 0. The average Bonchev–Trinajstić information content (AvgIpc) is 2.82. The molecule has 11 nitrogen and oxygen atoms in total. The smallest absolute Gasteiger partial charge is 0.255 e. The van der Waals surface area contributed by atoms with Crippen molar-refractivity contribution in [1.82, 2.24) is 10.5 Å². The molecule has 0 spiro atoms. The lowest BCUT2D eigenvalue weighted by Crippen LogP contribution is -2.37. The van der Waals surface area contributed by atoms with E-state index in [2.05, 4.69) is 10.6 Å². The number of hydroxylamine groups is 1. The number of hydrogen-bond donors (Lipinski definition) is 6. The van der Waals surface area contributed by atoms with Gasteiger partial charge < -0.3 is 26.1 Å². The molecule has 0 fully saturated rings. The molecule has 3 amide bonds. The third-order valence-electron chi connectivity index (χ3n) is 4.96. The molecule has 0 aliphatic rings. The number of amides is 3. The Hall–Kier alpha value is -4.09. The second kappa shape index (κ2) is 13.7. The molecule has 0 bridgehead atoms. The first-order valence-corrected chi connectivity index (χ1v) is 11.4. The molecular formula is C25H34N6O5. The number of ether oxygens (including phenoxy) is 1. The maximum atomic E-state index is 12.5. The van der Waals surface area contributed by atoms with Gasteiger partial charge in [0, 0.05) is 18.8 Å². The first-order chi connectivity index (χ1) is 17.1. The molecule has 8 N–H and O–H groups in total. The zero-order valence-electron chi connectivity index (χ0n) is 20.7. The van der Waals surface area contributed by atoms with Crippen molar-refractivity contribution in [3.8, 4) is 5.75 Å². The van der Waals surface area contributed by atoms with Gasteiger partial charge in [-0.25, -0.2) is 11.3 Å². The second-order valence-corrected chi connectivity index (χ2v) is 8.69. The van der Waals surface area contributed by atoms with Crippen molar-refractivity contribution in [1.29, 1.82) is 0 Å². The van der Waals surface area contributed by atoms with Gasteiger partial charge >= 0.3 is 0 Å². The van der Waals surface area contributed by atoms with E-state index >= 15 is 0 Å². The monoisotopic (exact) mass is 498 g/mol. The van der Waals surface area contributed by atoms with Crippen molar-refractivity contribution in [2.24, 2.45) is 23.4 Å². The van der Waals surface area contributed by atoms with Gasteiger partial charge in [0.05, 0.1) is 17.9 Å². The number of carbonyl (C=O) groups is 3. The molecule has 0 saturated carbocycles. The zero-order valence-corrected chi connectivity index (χ0v) is 20.7. The topological polar surface area (TPSA) is 172 Å². The number of nitrogens with one attached hydrogen (secondary N) is 3. The fourth-order valence-corrected chi connectivity index (χ4v) is 3.36. The number of benzene rings is 2. The Morgan fingerprint density at radius 1 is 1.06 bits per heavy atom. The number of carbonyl (C=O) groups excluding carboxylic acids is 3. The van der Waals surface area contributed by atoms with Crippen molar-refractivity contribution in [2.75, 3.05) is 17.2 Å². The van der Waals surface area contributed by atoms with Crippen LogP contribution in [-0.2, 0) is 20.9 Å². The van der Waals surface area contributed by atoms with Crippen LogP contribution in [0.25, 0.3) is 0 Å². The highest BCUT2D eigenvalue weighted by Gasteiger charge is 2.27. The summed E-state index contributed by atoms with van der Waals surface area (Å²) in [5.41, 5.74) is 9.86. The fraction of sp³-hybridized carbons (Fsp3) is 0.320. The van der Waals surface area contributed by atoms with Crippen LogP contribution in [0.4, 0.5) is 11.4 Å². The number of nitrogens with zero attached hydrogens (tertiary/aromatic N) is 1. The normalized spacial score (nSPS) is 12.0. The summed E-state index contributed by atoms with van der Waals surface area (Å²) in [5, 5.41) is 15.7. The van der Waals surface area contributed by atoms with Crippen molar-refractivity contribution >= 4 is 29.1 Å². The van der Waals surface area contributed by atoms with Crippen molar-refractivity contribution < 1.29 is 24.3 Å². The minimum Gasteiger partial charge on any atom is -0.485 e. The van der Waals surface area contributed by atoms with Crippen LogP contribution in [0.5, 0.6) is 5.75 Å². The molecule has 2 rings (SSSR count). The van der Waals surface area contributed by atoms with Crippen LogP contribution in [0.15, 0.2) is 60.4 Å². The first-order valence-electron chi connectivity index (χ1n) is 11.4. The van der Waals surface area contributed by atoms with Crippen LogP contribution in [-0.4, -0.2) is 34.5 Å². The average molecular weight is 499 g/mol. The van der Waals surface area contributed by atoms with E-state index in [-0.39, 0.29) is 18.4 Å². The summed E-state index contributed by atoms with van der Waals surface area (Å²) < 4.78 is 5.70. The number of hydrazine groups is 1. The third-order valence-corrected chi connectivity index (χ3v) is 4.96. The van der Waals surface area contributed by atoms with Gasteiger partial charge in [-0.05, 0) is 42.2 Å². The van der Waals surface area contributed by atoms with Gasteiger partial charge in [0.25, 0.3) is 5.91 Å². The molecule has 2 aromatic rings. The molecule has 0 heterocycles. The Bertz CT molecular complexity index is 1070. The molecule has 0 aliphatic heterocycles. The molecule has 2 aromatic carbocycles. The van der Waals surface area contributed by atoms with Crippen molar-refractivity contribution in [3.05, 3.63) is 66.0 Å². The van der Waals surface area contributed by atoms with Crippen LogP contribution >= 0.6 is 0 Å². The maximum Gasteiger partial charge on any atom is 0.255 e.